The minimum atomic E-state index is 0.0933. The lowest BCUT2D eigenvalue weighted by Gasteiger charge is -2.36. The normalized spacial score (nSPS) is 15.0. The van der Waals surface area contributed by atoms with Crippen molar-refractivity contribution in [2.24, 2.45) is 0 Å². The molecule has 3 rings (SSSR count). The van der Waals surface area contributed by atoms with Crippen molar-refractivity contribution in [2.45, 2.75) is 6.92 Å². The minimum absolute atomic E-state index is 0.0933. The number of amides is 1. The number of carbonyl (C=O) groups excluding carboxylic acids is 1. The van der Waals surface area contributed by atoms with Crippen molar-refractivity contribution in [3.8, 4) is 0 Å². The highest BCUT2D eigenvalue weighted by Gasteiger charge is 2.22. The zero-order valence-corrected chi connectivity index (χ0v) is 12.8. The third-order valence-electron chi connectivity index (χ3n) is 4.20. The van der Waals surface area contributed by atoms with Crippen LogP contribution in [0.1, 0.15) is 15.9 Å². The Morgan fingerprint density at radius 2 is 1.68 bits per heavy atom. The van der Waals surface area contributed by atoms with Crippen LogP contribution >= 0.6 is 0 Å². The Morgan fingerprint density at radius 3 is 2.32 bits per heavy atom. The number of aryl methyl sites for hydroxylation is 1. The van der Waals surface area contributed by atoms with Crippen LogP contribution in [0, 0.1) is 6.92 Å². The van der Waals surface area contributed by atoms with Crippen LogP contribution < -0.4 is 10.6 Å². The number of nitrogen functional groups attached to an aromatic ring is 1. The lowest BCUT2D eigenvalue weighted by molar-refractivity contribution is 0.0746. The molecule has 0 unspecified atom stereocenters. The molecule has 1 fully saturated rings. The predicted molar refractivity (Wildman–Crippen MR) is 90.1 cm³/mol. The third kappa shape index (κ3) is 2.91. The maximum absolute atomic E-state index is 12.6. The molecule has 0 spiro atoms. The molecule has 2 aromatic carbocycles. The van der Waals surface area contributed by atoms with Gasteiger partial charge in [0.1, 0.15) is 0 Å². The summed E-state index contributed by atoms with van der Waals surface area (Å²) in [6, 6.07) is 15.8. The fraction of sp³-hybridized carbons (Fsp3) is 0.278. The Kier molecular flexibility index (Phi) is 4.00. The summed E-state index contributed by atoms with van der Waals surface area (Å²) in [5.41, 5.74) is 9.44. The molecular formula is C18H21N3O. The summed E-state index contributed by atoms with van der Waals surface area (Å²) in [7, 11) is 0. The topological polar surface area (TPSA) is 49.6 Å². The maximum Gasteiger partial charge on any atom is 0.253 e. The number of benzene rings is 2. The van der Waals surface area contributed by atoms with Gasteiger partial charge >= 0.3 is 0 Å². The van der Waals surface area contributed by atoms with Crippen LogP contribution in [0.2, 0.25) is 0 Å². The minimum Gasteiger partial charge on any atom is -0.399 e. The molecule has 0 saturated carbocycles. The van der Waals surface area contributed by atoms with E-state index in [1.807, 2.05) is 48.2 Å². The molecule has 4 heteroatoms. The van der Waals surface area contributed by atoms with Crippen molar-refractivity contribution in [3.63, 3.8) is 0 Å². The van der Waals surface area contributed by atoms with Gasteiger partial charge in [-0.1, -0.05) is 18.2 Å². The third-order valence-corrected chi connectivity index (χ3v) is 4.20. The van der Waals surface area contributed by atoms with Gasteiger partial charge in [0.25, 0.3) is 5.91 Å². The molecule has 0 aliphatic carbocycles. The second kappa shape index (κ2) is 6.10. The molecule has 0 bridgehead atoms. The van der Waals surface area contributed by atoms with Crippen molar-refractivity contribution in [2.75, 3.05) is 36.8 Å². The molecular weight excluding hydrogens is 274 g/mol. The molecule has 114 valence electrons. The van der Waals surface area contributed by atoms with E-state index in [1.54, 1.807) is 0 Å². The molecule has 2 N–H and O–H groups in total. The summed E-state index contributed by atoms with van der Waals surface area (Å²) >= 11 is 0. The molecule has 2 aromatic rings. The van der Waals surface area contributed by atoms with Crippen LogP contribution in [-0.2, 0) is 0 Å². The lowest BCUT2D eigenvalue weighted by atomic mass is 10.1. The lowest BCUT2D eigenvalue weighted by Crippen LogP contribution is -2.48. The highest BCUT2D eigenvalue weighted by atomic mass is 16.2. The van der Waals surface area contributed by atoms with Gasteiger partial charge < -0.3 is 15.5 Å². The van der Waals surface area contributed by atoms with Crippen molar-refractivity contribution in [3.05, 3.63) is 59.7 Å². The van der Waals surface area contributed by atoms with Gasteiger partial charge in [0.2, 0.25) is 0 Å². The average Bonchev–Trinajstić information content (AvgIpc) is 2.58. The van der Waals surface area contributed by atoms with Crippen LogP contribution in [0.5, 0.6) is 0 Å². The number of hydrogen-bond donors (Lipinski definition) is 1. The quantitative estimate of drug-likeness (QED) is 0.866. The van der Waals surface area contributed by atoms with Gasteiger partial charge in [-0.25, -0.2) is 0 Å². The zero-order valence-electron chi connectivity index (χ0n) is 12.8. The summed E-state index contributed by atoms with van der Waals surface area (Å²) in [5, 5.41) is 0. The van der Waals surface area contributed by atoms with Gasteiger partial charge in [-0.2, -0.15) is 0 Å². The molecule has 0 radical (unpaired) electrons. The van der Waals surface area contributed by atoms with E-state index in [0.29, 0.717) is 0 Å². The Morgan fingerprint density at radius 1 is 1.00 bits per heavy atom. The first-order chi connectivity index (χ1) is 10.6. The standard InChI is InChI=1S/C18H21N3O/c1-14-13-15(7-8-17(14)19)18(22)21-11-9-20(10-12-21)16-5-3-2-4-6-16/h2-8,13H,9-12,19H2,1H3. The SMILES string of the molecule is Cc1cc(C(=O)N2CCN(c3ccccc3)CC2)ccc1N. The molecule has 22 heavy (non-hydrogen) atoms. The second-order valence-electron chi connectivity index (χ2n) is 5.69. The summed E-state index contributed by atoms with van der Waals surface area (Å²) < 4.78 is 0. The number of hydrogen-bond acceptors (Lipinski definition) is 3. The smallest absolute Gasteiger partial charge is 0.253 e. The van der Waals surface area contributed by atoms with Crippen molar-refractivity contribution in [1.82, 2.24) is 4.90 Å². The summed E-state index contributed by atoms with van der Waals surface area (Å²) in [4.78, 5) is 16.8. The average molecular weight is 295 g/mol. The molecule has 1 amide bonds. The molecule has 0 aromatic heterocycles. The van der Waals surface area contributed by atoms with E-state index in [4.69, 9.17) is 5.73 Å². The number of para-hydroxylation sites is 1. The number of carbonyl (C=O) groups is 1. The highest BCUT2D eigenvalue weighted by Crippen LogP contribution is 2.18. The predicted octanol–water partition coefficient (Wildman–Crippen LogP) is 2.54. The fourth-order valence-corrected chi connectivity index (χ4v) is 2.80. The zero-order chi connectivity index (χ0) is 15.5. The van der Waals surface area contributed by atoms with Gasteiger partial charge in [0, 0.05) is 43.1 Å². The molecule has 1 aliphatic heterocycles. The Labute approximate surface area is 131 Å². The fourth-order valence-electron chi connectivity index (χ4n) is 2.80. The van der Waals surface area contributed by atoms with Gasteiger partial charge in [-0.05, 0) is 42.8 Å². The second-order valence-corrected chi connectivity index (χ2v) is 5.69. The van der Waals surface area contributed by atoms with Gasteiger partial charge in [-0.3, -0.25) is 4.79 Å². The van der Waals surface area contributed by atoms with Crippen molar-refractivity contribution >= 4 is 17.3 Å². The number of piperazine rings is 1. The van der Waals surface area contributed by atoms with Gasteiger partial charge in [-0.15, -0.1) is 0 Å². The molecule has 1 saturated heterocycles. The van der Waals surface area contributed by atoms with E-state index in [2.05, 4.69) is 17.0 Å². The van der Waals surface area contributed by atoms with Gasteiger partial charge in [0.15, 0.2) is 0 Å². The molecule has 4 nitrogen and oxygen atoms in total. The van der Waals surface area contributed by atoms with E-state index in [-0.39, 0.29) is 5.91 Å². The highest BCUT2D eigenvalue weighted by molar-refractivity contribution is 5.95. The first kappa shape index (κ1) is 14.4. The summed E-state index contributed by atoms with van der Waals surface area (Å²) in [6.07, 6.45) is 0. The number of rotatable bonds is 2. The van der Waals surface area contributed by atoms with Crippen LogP contribution in [0.15, 0.2) is 48.5 Å². The molecule has 1 heterocycles. The van der Waals surface area contributed by atoms with Crippen LogP contribution in [-0.4, -0.2) is 37.0 Å². The number of nitrogens with zero attached hydrogens (tertiary/aromatic N) is 2. The monoisotopic (exact) mass is 295 g/mol. The first-order valence-corrected chi connectivity index (χ1v) is 7.60. The molecule has 0 atom stereocenters. The van der Waals surface area contributed by atoms with Crippen molar-refractivity contribution < 1.29 is 4.79 Å². The van der Waals surface area contributed by atoms with Crippen LogP contribution in [0.4, 0.5) is 11.4 Å². The Bertz CT molecular complexity index is 661. The van der Waals surface area contributed by atoms with E-state index < -0.39 is 0 Å². The summed E-state index contributed by atoms with van der Waals surface area (Å²) in [5.74, 6) is 0.0933. The van der Waals surface area contributed by atoms with E-state index in [9.17, 15) is 4.79 Å². The largest absolute Gasteiger partial charge is 0.399 e. The van der Waals surface area contributed by atoms with Crippen molar-refractivity contribution in [1.29, 1.82) is 0 Å². The first-order valence-electron chi connectivity index (χ1n) is 7.60. The number of anilines is 2. The van der Waals surface area contributed by atoms with E-state index in [1.165, 1.54) is 5.69 Å². The van der Waals surface area contributed by atoms with Crippen LogP contribution in [0.3, 0.4) is 0 Å². The number of nitrogens with two attached hydrogens (primary N) is 1. The van der Waals surface area contributed by atoms with E-state index in [0.717, 1.165) is 43.0 Å². The molecule has 1 aliphatic rings. The summed E-state index contributed by atoms with van der Waals surface area (Å²) in [6.45, 7) is 5.15. The van der Waals surface area contributed by atoms with E-state index >= 15 is 0 Å². The van der Waals surface area contributed by atoms with Crippen LogP contribution in [0.25, 0.3) is 0 Å². The Balaban J connectivity index is 1.66. The Hall–Kier alpha value is -2.49. The maximum atomic E-state index is 12.6. The van der Waals surface area contributed by atoms with Gasteiger partial charge in [0.05, 0.1) is 0 Å².